The predicted molar refractivity (Wildman–Crippen MR) is 66.1 cm³/mol. The van der Waals surface area contributed by atoms with Crippen molar-refractivity contribution in [3.8, 4) is 5.75 Å². The summed E-state index contributed by atoms with van der Waals surface area (Å²) in [6.45, 7) is 4.41. The zero-order valence-corrected chi connectivity index (χ0v) is 10.1. The van der Waals surface area contributed by atoms with E-state index in [9.17, 15) is 0 Å². The lowest BCUT2D eigenvalue weighted by Gasteiger charge is -2.19. The van der Waals surface area contributed by atoms with Gasteiger partial charge in [-0.05, 0) is 24.7 Å². The van der Waals surface area contributed by atoms with Gasteiger partial charge in [0, 0.05) is 32.1 Å². The molecule has 1 saturated heterocycles. The van der Waals surface area contributed by atoms with E-state index in [0.717, 1.165) is 31.9 Å². The summed E-state index contributed by atoms with van der Waals surface area (Å²) in [4.78, 5) is 2.38. The van der Waals surface area contributed by atoms with Crippen LogP contribution >= 0.6 is 0 Å². The van der Waals surface area contributed by atoms with Crippen LogP contribution in [0, 0.1) is 0 Å². The van der Waals surface area contributed by atoms with Crippen molar-refractivity contribution in [3.05, 3.63) is 29.8 Å². The van der Waals surface area contributed by atoms with Crippen LogP contribution in [0.4, 0.5) is 0 Å². The van der Waals surface area contributed by atoms with E-state index in [0.29, 0.717) is 5.92 Å². The topological polar surface area (TPSA) is 24.5 Å². The van der Waals surface area contributed by atoms with Gasteiger partial charge in [-0.25, -0.2) is 0 Å². The maximum atomic E-state index is 5.18. The summed E-state index contributed by atoms with van der Waals surface area (Å²) in [7, 11) is 3.89. The summed E-state index contributed by atoms with van der Waals surface area (Å²) in [6.07, 6.45) is 0. The van der Waals surface area contributed by atoms with Crippen LogP contribution in [0.3, 0.4) is 0 Å². The van der Waals surface area contributed by atoms with Gasteiger partial charge in [-0.2, -0.15) is 0 Å². The van der Waals surface area contributed by atoms with E-state index in [1.165, 1.54) is 5.56 Å². The second-order valence-electron chi connectivity index (χ2n) is 4.44. The number of likely N-dealkylation sites (N-methyl/N-ethyl adjacent to an activating group) is 1. The summed E-state index contributed by atoms with van der Waals surface area (Å²) in [5, 5.41) is 3.48. The Morgan fingerprint density at radius 3 is 2.75 bits per heavy atom. The highest BCUT2D eigenvalue weighted by atomic mass is 16.5. The van der Waals surface area contributed by atoms with Crippen molar-refractivity contribution in [1.29, 1.82) is 0 Å². The second-order valence-corrected chi connectivity index (χ2v) is 4.44. The van der Waals surface area contributed by atoms with E-state index >= 15 is 0 Å². The molecule has 0 aliphatic carbocycles. The van der Waals surface area contributed by atoms with Gasteiger partial charge in [-0.1, -0.05) is 12.1 Å². The van der Waals surface area contributed by atoms with Crippen molar-refractivity contribution >= 4 is 0 Å². The highest BCUT2D eigenvalue weighted by Crippen LogP contribution is 2.20. The molecule has 1 heterocycles. The molecule has 0 aromatic heterocycles. The zero-order chi connectivity index (χ0) is 11.4. The fourth-order valence-corrected chi connectivity index (χ4v) is 2.18. The molecule has 0 amide bonds. The molecule has 1 atom stereocenters. The lowest BCUT2D eigenvalue weighted by molar-refractivity contribution is 0.342. The molecule has 0 saturated carbocycles. The van der Waals surface area contributed by atoms with Gasteiger partial charge in [0.15, 0.2) is 0 Å². The van der Waals surface area contributed by atoms with Gasteiger partial charge in [0.2, 0.25) is 0 Å². The van der Waals surface area contributed by atoms with Gasteiger partial charge >= 0.3 is 0 Å². The first kappa shape index (κ1) is 11.4. The molecule has 1 aromatic rings. The van der Waals surface area contributed by atoms with Gasteiger partial charge in [-0.15, -0.1) is 0 Å². The monoisotopic (exact) mass is 220 g/mol. The maximum absolute atomic E-state index is 5.18. The number of nitrogens with zero attached hydrogens (tertiary/aromatic N) is 1. The Bertz CT molecular complexity index is 323. The highest BCUT2D eigenvalue weighted by molar-refractivity contribution is 5.29. The molecule has 1 N–H and O–H groups in total. The molecule has 3 heteroatoms. The van der Waals surface area contributed by atoms with E-state index in [1.807, 2.05) is 12.1 Å². The van der Waals surface area contributed by atoms with E-state index in [-0.39, 0.29) is 0 Å². The first-order valence-electron chi connectivity index (χ1n) is 5.83. The summed E-state index contributed by atoms with van der Waals surface area (Å²) in [5.74, 6) is 1.51. The van der Waals surface area contributed by atoms with Crippen molar-refractivity contribution in [2.75, 3.05) is 40.3 Å². The molecule has 0 spiro atoms. The van der Waals surface area contributed by atoms with Crippen LogP contribution in [0.2, 0.25) is 0 Å². The summed E-state index contributed by atoms with van der Waals surface area (Å²) in [6, 6.07) is 8.43. The quantitative estimate of drug-likeness (QED) is 0.813. The Kier molecular flexibility index (Phi) is 3.80. The summed E-state index contributed by atoms with van der Waals surface area (Å²) >= 11 is 0. The fraction of sp³-hybridized carbons (Fsp3) is 0.538. The van der Waals surface area contributed by atoms with Crippen LogP contribution in [0.5, 0.6) is 5.75 Å². The van der Waals surface area contributed by atoms with Gasteiger partial charge < -0.3 is 15.0 Å². The highest BCUT2D eigenvalue weighted by Gasteiger charge is 2.16. The molecule has 16 heavy (non-hydrogen) atoms. The standard InChI is InChI=1S/C13H20N2O/c1-15-8-7-14-9-12(10-15)11-3-5-13(16-2)6-4-11/h3-6,12,14H,7-10H2,1-2H3. The van der Waals surface area contributed by atoms with Crippen molar-refractivity contribution in [2.45, 2.75) is 5.92 Å². The average Bonchev–Trinajstić information content (AvgIpc) is 2.54. The predicted octanol–water partition coefficient (Wildman–Crippen LogP) is 1.31. The van der Waals surface area contributed by atoms with Crippen molar-refractivity contribution < 1.29 is 4.74 Å². The van der Waals surface area contributed by atoms with E-state index in [2.05, 4.69) is 29.4 Å². The molecule has 0 bridgehead atoms. The minimum Gasteiger partial charge on any atom is -0.497 e. The Morgan fingerprint density at radius 2 is 2.06 bits per heavy atom. The molecule has 1 aliphatic heterocycles. The van der Waals surface area contributed by atoms with Crippen LogP contribution in [-0.2, 0) is 0 Å². The lowest BCUT2D eigenvalue weighted by Crippen LogP contribution is -2.24. The minimum atomic E-state index is 0.582. The SMILES string of the molecule is COc1ccc(C2CNCCN(C)C2)cc1. The van der Waals surface area contributed by atoms with E-state index in [1.54, 1.807) is 7.11 Å². The third-order valence-electron chi connectivity index (χ3n) is 3.18. The van der Waals surface area contributed by atoms with Gasteiger partial charge in [0.25, 0.3) is 0 Å². The van der Waals surface area contributed by atoms with Crippen LogP contribution in [0.15, 0.2) is 24.3 Å². The van der Waals surface area contributed by atoms with Crippen LogP contribution in [0.1, 0.15) is 11.5 Å². The molecular formula is C13H20N2O. The van der Waals surface area contributed by atoms with E-state index < -0.39 is 0 Å². The third kappa shape index (κ3) is 2.74. The number of methoxy groups -OCH3 is 1. The van der Waals surface area contributed by atoms with Gasteiger partial charge in [-0.3, -0.25) is 0 Å². The molecular weight excluding hydrogens is 200 g/mol. The van der Waals surface area contributed by atoms with Crippen molar-refractivity contribution in [3.63, 3.8) is 0 Å². The maximum Gasteiger partial charge on any atom is 0.118 e. The molecule has 1 unspecified atom stereocenters. The fourth-order valence-electron chi connectivity index (χ4n) is 2.18. The van der Waals surface area contributed by atoms with Crippen LogP contribution < -0.4 is 10.1 Å². The van der Waals surface area contributed by atoms with E-state index in [4.69, 9.17) is 4.74 Å². The van der Waals surface area contributed by atoms with Gasteiger partial charge in [0.05, 0.1) is 7.11 Å². The molecule has 88 valence electrons. The van der Waals surface area contributed by atoms with Gasteiger partial charge in [0.1, 0.15) is 5.75 Å². The number of hydrogen-bond acceptors (Lipinski definition) is 3. The first-order valence-corrected chi connectivity index (χ1v) is 5.83. The minimum absolute atomic E-state index is 0.582. The molecule has 0 radical (unpaired) electrons. The Labute approximate surface area is 97.4 Å². The Morgan fingerprint density at radius 1 is 1.31 bits per heavy atom. The lowest BCUT2D eigenvalue weighted by atomic mass is 9.99. The third-order valence-corrected chi connectivity index (χ3v) is 3.18. The second kappa shape index (κ2) is 5.32. The number of hydrogen-bond donors (Lipinski definition) is 1. The van der Waals surface area contributed by atoms with Crippen LogP contribution in [0.25, 0.3) is 0 Å². The average molecular weight is 220 g/mol. The summed E-state index contributed by atoms with van der Waals surface area (Å²) < 4.78 is 5.18. The number of nitrogens with one attached hydrogen (secondary N) is 1. The smallest absolute Gasteiger partial charge is 0.118 e. The summed E-state index contributed by atoms with van der Waals surface area (Å²) in [5.41, 5.74) is 1.39. The number of rotatable bonds is 2. The molecule has 3 nitrogen and oxygen atoms in total. The number of ether oxygens (including phenoxy) is 1. The first-order chi connectivity index (χ1) is 7.79. The molecule has 1 fully saturated rings. The largest absolute Gasteiger partial charge is 0.497 e. The number of benzene rings is 1. The molecule has 1 aliphatic rings. The zero-order valence-electron chi connectivity index (χ0n) is 10.1. The Hall–Kier alpha value is -1.06. The van der Waals surface area contributed by atoms with Crippen molar-refractivity contribution in [1.82, 2.24) is 10.2 Å². The van der Waals surface area contributed by atoms with Crippen molar-refractivity contribution in [2.24, 2.45) is 0 Å². The van der Waals surface area contributed by atoms with Crippen LogP contribution in [-0.4, -0.2) is 45.2 Å². The molecule has 2 rings (SSSR count). The normalized spacial score (nSPS) is 22.8. The molecule has 1 aromatic carbocycles. The Balaban J connectivity index is 2.09.